The summed E-state index contributed by atoms with van der Waals surface area (Å²) in [5.74, 6) is 0. The van der Waals surface area contributed by atoms with Gasteiger partial charge in [-0.1, -0.05) is 6.07 Å². The summed E-state index contributed by atoms with van der Waals surface area (Å²) in [5.41, 5.74) is 10.8. The molecule has 0 saturated carbocycles. The van der Waals surface area contributed by atoms with Crippen molar-refractivity contribution in [3.8, 4) is 0 Å². The van der Waals surface area contributed by atoms with E-state index in [4.69, 9.17) is 10.7 Å². The zero-order valence-corrected chi connectivity index (χ0v) is 13.8. The minimum absolute atomic E-state index is 0.113. The summed E-state index contributed by atoms with van der Waals surface area (Å²) in [5, 5.41) is 1.14. The van der Waals surface area contributed by atoms with Gasteiger partial charge in [0.05, 0.1) is 19.3 Å². The second-order valence-corrected chi connectivity index (χ2v) is 7.88. The van der Waals surface area contributed by atoms with Crippen LogP contribution >= 0.6 is 33.9 Å². The Hall–Kier alpha value is -0.530. The number of hydrogen-bond donors (Lipinski definition) is 1. The summed E-state index contributed by atoms with van der Waals surface area (Å²) < 4.78 is 1.27. The molecule has 0 bridgehead atoms. The van der Waals surface area contributed by atoms with Gasteiger partial charge in [-0.25, -0.2) is 4.98 Å². The largest absolute Gasteiger partial charge is 0.323 e. The number of halogens is 1. The first-order valence-electron chi connectivity index (χ1n) is 6.49. The maximum absolute atomic E-state index is 6.16. The van der Waals surface area contributed by atoms with Crippen LogP contribution < -0.4 is 5.73 Å². The first-order chi connectivity index (χ1) is 9.13. The summed E-state index contributed by atoms with van der Waals surface area (Å²) in [7, 11) is 0. The van der Waals surface area contributed by atoms with Crippen molar-refractivity contribution in [1.82, 2.24) is 9.97 Å². The minimum Gasteiger partial charge on any atom is -0.323 e. The number of rotatable bonds is 2. The summed E-state index contributed by atoms with van der Waals surface area (Å²) in [6.45, 7) is 2.05. The average Bonchev–Trinajstić information content (AvgIpc) is 2.69. The lowest BCUT2D eigenvalue weighted by Gasteiger charge is -2.21. The third kappa shape index (κ3) is 2.83. The van der Waals surface area contributed by atoms with Gasteiger partial charge < -0.3 is 5.73 Å². The molecule has 0 aromatic carbocycles. The Labute approximate surface area is 130 Å². The van der Waals surface area contributed by atoms with Crippen LogP contribution in [0.15, 0.2) is 12.1 Å². The highest BCUT2D eigenvalue weighted by Gasteiger charge is 2.18. The van der Waals surface area contributed by atoms with Crippen LogP contribution in [0.4, 0.5) is 0 Å². The monoisotopic (exact) mass is 385 g/mol. The Morgan fingerprint density at radius 2 is 2.26 bits per heavy atom. The minimum atomic E-state index is 0.113. The first-order valence-corrected chi connectivity index (χ1v) is 8.39. The van der Waals surface area contributed by atoms with Gasteiger partial charge in [-0.3, -0.25) is 4.98 Å². The van der Waals surface area contributed by atoms with Crippen LogP contribution in [0, 0.1) is 9.81 Å². The second kappa shape index (κ2) is 5.46. The van der Waals surface area contributed by atoms with Crippen LogP contribution in [-0.4, -0.2) is 9.97 Å². The van der Waals surface area contributed by atoms with Gasteiger partial charge in [0.25, 0.3) is 0 Å². The van der Waals surface area contributed by atoms with E-state index in [1.807, 2.05) is 0 Å². The highest BCUT2D eigenvalue weighted by atomic mass is 127. The van der Waals surface area contributed by atoms with E-state index in [9.17, 15) is 0 Å². The van der Waals surface area contributed by atoms with Gasteiger partial charge in [0.1, 0.15) is 0 Å². The van der Waals surface area contributed by atoms with Gasteiger partial charge in [-0.05, 0) is 60.4 Å². The van der Waals surface area contributed by atoms with Gasteiger partial charge in [0.15, 0.2) is 0 Å². The molecule has 0 spiro atoms. The van der Waals surface area contributed by atoms with Gasteiger partial charge >= 0.3 is 0 Å². The Kier molecular flexibility index (Phi) is 3.86. The van der Waals surface area contributed by atoms with Crippen LogP contribution in [0.5, 0.6) is 0 Å². The van der Waals surface area contributed by atoms with Gasteiger partial charge in [0, 0.05) is 18.2 Å². The molecular formula is C14H16IN3S. The maximum atomic E-state index is 6.16. The van der Waals surface area contributed by atoms with E-state index in [2.05, 4.69) is 46.6 Å². The molecule has 3 rings (SSSR count). The SMILES string of the molecule is Cc1nc(Cc2ccc3c(n2)C(N)CCC3)sc1I. The Balaban J connectivity index is 1.87. The van der Waals surface area contributed by atoms with Gasteiger partial charge in [-0.15, -0.1) is 11.3 Å². The zero-order chi connectivity index (χ0) is 13.4. The van der Waals surface area contributed by atoms with Crippen LogP contribution in [0.3, 0.4) is 0 Å². The van der Waals surface area contributed by atoms with Crippen molar-refractivity contribution in [2.45, 2.75) is 38.6 Å². The van der Waals surface area contributed by atoms with E-state index >= 15 is 0 Å². The molecule has 0 fully saturated rings. The molecule has 1 unspecified atom stereocenters. The average molecular weight is 385 g/mol. The summed E-state index contributed by atoms with van der Waals surface area (Å²) in [4.78, 5) is 9.34. The molecule has 0 amide bonds. The number of hydrogen-bond acceptors (Lipinski definition) is 4. The molecule has 2 aromatic rings. The number of pyridine rings is 1. The topological polar surface area (TPSA) is 51.8 Å². The van der Waals surface area contributed by atoms with E-state index in [1.54, 1.807) is 11.3 Å². The smallest absolute Gasteiger partial charge is 0.0998 e. The first kappa shape index (κ1) is 13.5. The molecule has 2 aromatic heterocycles. The normalized spacial score (nSPS) is 18.4. The second-order valence-electron chi connectivity index (χ2n) is 4.99. The molecule has 1 aliphatic carbocycles. The van der Waals surface area contributed by atoms with Crippen molar-refractivity contribution in [2.75, 3.05) is 0 Å². The van der Waals surface area contributed by atoms with Crippen LogP contribution in [0.25, 0.3) is 0 Å². The molecule has 2 heterocycles. The lowest BCUT2D eigenvalue weighted by Crippen LogP contribution is -2.19. The Morgan fingerprint density at radius 1 is 1.42 bits per heavy atom. The molecule has 100 valence electrons. The number of nitrogens with two attached hydrogens (primary N) is 1. The lowest BCUT2D eigenvalue weighted by molar-refractivity contribution is 0.552. The van der Waals surface area contributed by atoms with Crippen molar-refractivity contribution in [1.29, 1.82) is 0 Å². The molecule has 1 aliphatic rings. The third-order valence-corrected chi connectivity index (χ3v) is 5.89. The summed E-state index contributed by atoms with van der Waals surface area (Å²) in [6.07, 6.45) is 4.16. The van der Waals surface area contributed by atoms with E-state index in [1.165, 1.54) is 14.9 Å². The quantitative estimate of drug-likeness (QED) is 0.807. The van der Waals surface area contributed by atoms with Crippen LogP contribution in [0.1, 0.15) is 46.5 Å². The standard InChI is InChI=1S/C14H16IN3S/c1-8-14(15)19-12(17-8)7-10-6-5-9-3-2-4-11(16)13(9)18-10/h5-6,11H,2-4,7,16H2,1H3. The fourth-order valence-corrected chi connectivity index (χ4v) is 4.17. The summed E-state index contributed by atoms with van der Waals surface area (Å²) in [6, 6.07) is 4.43. The molecule has 0 radical (unpaired) electrons. The van der Waals surface area contributed by atoms with E-state index in [-0.39, 0.29) is 6.04 Å². The van der Waals surface area contributed by atoms with E-state index in [0.29, 0.717) is 0 Å². The van der Waals surface area contributed by atoms with Crippen LogP contribution in [0.2, 0.25) is 0 Å². The maximum Gasteiger partial charge on any atom is 0.0998 e. The molecule has 3 nitrogen and oxygen atoms in total. The molecule has 1 atom stereocenters. The number of thiazole rings is 1. The molecule has 0 saturated heterocycles. The van der Waals surface area contributed by atoms with Crippen molar-refractivity contribution in [3.05, 3.63) is 42.7 Å². The number of aryl methyl sites for hydroxylation is 2. The van der Waals surface area contributed by atoms with Crippen molar-refractivity contribution in [2.24, 2.45) is 5.73 Å². The number of nitrogens with zero attached hydrogens (tertiary/aromatic N) is 2. The molecule has 19 heavy (non-hydrogen) atoms. The number of fused-ring (bicyclic) bond motifs is 1. The zero-order valence-electron chi connectivity index (χ0n) is 10.8. The predicted molar refractivity (Wildman–Crippen MR) is 86.5 cm³/mol. The third-order valence-electron chi connectivity index (χ3n) is 3.50. The predicted octanol–water partition coefficient (Wildman–Crippen LogP) is 3.38. The van der Waals surface area contributed by atoms with Crippen molar-refractivity contribution in [3.63, 3.8) is 0 Å². The molecule has 0 aliphatic heterocycles. The molecular weight excluding hydrogens is 369 g/mol. The lowest BCUT2D eigenvalue weighted by atomic mass is 9.92. The van der Waals surface area contributed by atoms with Gasteiger partial charge in [-0.2, -0.15) is 0 Å². The highest BCUT2D eigenvalue weighted by Crippen LogP contribution is 2.27. The summed E-state index contributed by atoms with van der Waals surface area (Å²) >= 11 is 4.09. The van der Waals surface area contributed by atoms with Crippen molar-refractivity contribution >= 4 is 33.9 Å². The molecule has 2 N–H and O–H groups in total. The van der Waals surface area contributed by atoms with E-state index in [0.717, 1.165) is 41.4 Å². The Morgan fingerprint density at radius 3 is 3.00 bits per heavy atom. The van der Waals surface area contributed by atoms with Gasteiger partial charge in [0.2, 0.25) is 0 Å². The van der Waals surface area contributed by atoms with Crippen molar-refractivity contribution < 1.29 is 0 Å². The fourth-order valence-electron chi connectivity index (χ4n) is 2.49. The highest BCUT2D eigenvalue weighted by molar-refractivity contribution is 14.1. The fraction of sp³-hybridized carbons (Fsp3) is 0.429. The Bertz CT molecular complexity index is 589. The molecule has 5 heteroatoms. The number of aromatic nitrogens is 2. The van der Waals surface area contributed by atoms with E-state index < -0.39 is 0 Å². The van der Waals surface area contributed by atoms with Crippen LogP contribution in [-0.2, 0) is 12.8 Å².